The molecule has 0 amide bonds. The van der Waals surface area contributed by atoms with Gasteiger partial charge in [-0.05, 0) is 21.8 Å². The maximum atomic E-state index is 4.11. The van der Waals surface area contributed by atoms with Crippen molar-refractivity contribution < 1.29 is 0 Å². The minimum Gasteiger partial charge on any atom is -0.271 e. The van der Waals surface area contributed by atoms with Crippen LogP contribution in [0.25, 0.3) is 0 Å². The van der Waals surface area contributed by atoms with Crippen molar-refractivity contribution in [2.24, 2.45) is 7.05 Å². The highest BCUT2D eigenvalue weighted by Gasteiger charge is 2.08. The van der Waals surface area contributed by atoms with Crippen molar-refractivity contribution >= 4 is 15.9 Å². The summed E-state index contributed by atoms with van der Waals surface area (Å²) in [6, 6.07) is 0. The second-order valence-electron chi connectivity index (χ2n) is 2.66. The van der Waals surface area contributed by atoms with Crippen LogP contribution in [0.15, 0.2) is 10.7 Å². The Bertz CT molecular complexity index is 208. The molecule has 1 rings (SSSR count). The molecule has 0 spiro atoms. The number of aryl methyl sites for hydroxylation is 1. The molecule has 1 aromatic heterocycles. The monoisotopic (exact) mass is 202 g/mol. The quantitative estimate of drug-likeness (QED) is 0.684. The Morgan fingerprint density at radius 1 is 1.60 bits per heavy atom. The van der Waals surface area contributed by atoms with Crippen LogP contribution >= 0.6 is 15.9 Å². The Morgan fingerprint density at radius 2 is 2.20 bits per heavy atom. The van der Waals surface area contributed by atoms with Gasteiger partial charge in [0.05, 0.1) is 16.4 Å². The Morgan fingerprint density at radius 3 is 2.40 bits per heavy atom. The van der Waals surface area contributed by atoms with Gasteiger partial charge in [-0.2, -0.15) is 5.10 Å². The highest BCUT2D eigenvalue weighted by atomic mass is 79.9. The van der Waals surface area contributed by atoms with Crippen molar-refractivity contribution in [2.45, 2.75) is 19.8 Å². The van der Waals surface area contributed by atoms with Gasteiger partial charge in [-0.3, -0.25) is 4.68 Å². The molecule has 2 nitrogen and oxygen atoms in total. The van der Waals surface area contributed by atoms with Crippen LogP contribution in [-0.2, 0) is 7.05 Å². The highest BCUT2D eigenvalue weighted by Crippen LogP contribution is 2.22. The summed E-state index contributed by atoms with van der Waals surface area (Å²) < 4.78 is 3.00. The minimum absolute atomic E-state index is 0.530. The number of nitrogens with zero attached hydrogens (tertiary/aromatic N) is 2. The SMILES string of the molecule is CC(C)c1c(Br)cnn1C. The fourth-order valence-electron chi connectivity index (χ4n) is 1.07. The van der Waals surface area contributed by atoms with Gasteiger partial charge in [-0.15, -0.1) is 0 Å². The molecule has 0 N–H and O–H groups in total. The smallest absolute Gasteiger partial charge is 0.0635 e. The lowest BCUT2D eigenvalue weighted by molar-refractivity contribution is 0.667. The fraction of sp³-hybridized carbons (Fsp3) is 0.571. The summed E-state index contributed by atoms with van der Waals surface area (Å²) >= 11 is 3.43. The van der Waals surface area contributed by atoms with Crippen LogP contribution in [0.5, 0.6) is 0 Å². The zero-order valence-corrected chi connectivity index (χ0v) is 8.01. The molecule has 0 fully saturated rings. The predicted octanol–water partition coefficient (Wildman–Crippen LogP) is 2.31. The molecule has 1 heterocycles. The number of rotatable bonds is 1. The summed E-state index contributed by atoms with van der Waals surface area (Å²) in [5.41, 5.74) is 1.25. The van der Waals surface area contributed by atoms with Gasteiger partial charge < -0.3 is 0 Å². The topological polar surface area (TPSA) is 17.8 Å². The van der Waals surface area contributed by atoms with Gasteiger partial charge in [-0.25, -0.2) is 0 Å². The third-order valence-electron chi connectivity index (χ3n) is 1.48. The van der Waals surface area contributed by atoms with Crippen LogP contribution in [0.2, 0.25) is 0 Å². The lowest BCUT2D eigenvalue weighted by atomic mass is 10.1. The molecule has 1 aromatic rings. The Hall–Kier alpha value is -0.310. The summed E-state index contributed by atoms with van der Waals surface area (Å²) in [6.07, 6.45) is 1.83. The molecular formula is C7H11BrN2. The van der Waals surface area contributed by atoms with Crippen molar-refractivity contribution in [3.63, 3.8) is 0 Å². The molecule has 0 radical (unpaired) electrons. The third kappa shape index (κ3) is 1.24. The molecule has 0 aliphatic rings. The minimum atomic E-state index is 0.530. The average molecular weight is 203 g/mol. The Balaban J connectivity index is 3.10. The van der Waals surface area contributed by atoms with Crippen LogP contribution in [0, 0.1) is 0 Å². The molecule has 3 heteroatoms. The van der Waals surface area contributed by atoms with E-state index in [1.807, 2.05) is 17.9 Å². The largest absolute Gasteiger partial charge is 0.271 e. The van der Waals surface area contributed by atoms with E-state index in [1.54, 1.807) is 0 Å². The van der Waals surface area contributed by atoms with Crippen LogP contribution in [0.1, 0.15) is 25.5 Å². The molecule has 0 saturated heterocycles. The molecule has 0 atom stereocenters. The normalized spacial score (nSPS) is 10.9. The lowest BCUT2D eigenvalue weighted by Gasteiger charge is -2.04. The summed E-state index contributed by atoms with van der Waals surface area (Å²) in [4.78, 5) is 0. The predicted molar refractivity (Wildman–Crippen MR) is 45.0 cm³/mol. The molecule has 0 unspecified atom stereocenters. The van der Waals surface area contributed by atoms with Crippen molar-refractivity contribution in [2.75, 3.05) is 0 Å². The maximum absolute atomic E-state index is 4.11. The van der Waals surface area contributed by atoms with E-state index < -0.39 is 0 Å². The van der Waals surface area contributed by atoms with Crippen molar-refractivity contribution in [1.29, 1.82) is 0 Å². The zero-order chi connectivity index (χ0) is 7.72. The van der Waals surface area contributed by atoms with Crippen molar-refractivity contribution in [3.05, 3.63) is 16.4 Å². The van der Waals surface area contributed by atoms with Crippen LogP contribution < -0.4 is 0 Å². The van der Waals surface area contributed by atoms with Gasteiger partial charge in [0, 0.05) is 7.05 Å². The van der Waals surface area contributed by atoms with Gasteiger partial charge in [0.1, 0.15) is 0 Å². The molecule has 10 heavy (non-hydrogen) atoms. The van der Waals surface area contributed by atoms with Crippen LogP contribution in [0.4, 0.5) is 0 Å². The summed E-state index contributed by atoms with van der Waals surface area (Å²) in [6.45, 7) is 4.31. The van der Waals surface area contributed by atoms with Gasteiger partial charge >= 0.3 is 0 Å². The van der Waals surface area contributed by atoms with E-state index in [1.165, 1.54) is 5.69 Å². The average Bonchev–Trinajstić information content (AvgIpc) is 2.11. The molecule has 0 bridgehead atoms. The van der Waals surface area contributed by atoms with Gasteiger partial charge in [0.15, 0.2) is 0 Å². The summed E-state index contributed by atoms with van der Waals surface area (Å²) in [5, 5.41) is 4.11. The van der Waals surface area contributed by atoms with Gasteiger partial charge in [0.25, 0.3) is 0 Å². The first-order valence-electron chi connectivity index (χ1n) is 3.30. The van der Waals surface area contributed by atoms with E-state index in [9.17, 15) is 0 Å². The lowest BCUT2D eigenvalue weighted by Crippen LogP contribution is -1.99. The molecule has 56 valence electrons. The van der Waals surface area contributed by atoms with Crippen molar-refractivity contribution in [1.82, 2.24) is 9.78 Å². The van der Waals surface area contributed by atoms with Gasteiger partial charge in [0.2, 0.25) is 0 Å². The summed E-state index contributed by atoms with van der Waals surface area (Å²) in [5.74, 6) is 0.530. The molecule has 0 saturated carbocycles. The van der Waals surface area contributed by atoms with E-state index in [0.29, 0.717) is 5.92 Å². The molecule has 0 aliphatic carbocycles. The third-order valence-corrected chi connectivity index (χ3v) is 2.10. The fourth-order valence-corrected chi connectivity index (χ4v) is 1.88. The standard InChI is InChI=1S/C7H11BrN2/c1-5(2)7-6(8)4-9-10(7)3/h4-5H,1-3H3. The first-order valence-corrected chi connectivity index (χ1v) is 4.09. The van der Waals surface area contributed by atoms with Gasteiger partial charge in [-0.1, -0.05) is 13.8 Å². The first kappa shape index (κ1) is 7.79. The second-order valence-corrected chi connectivity index (χ2v) is 3.51. The number of halogens is 1. The van der Waals surface area contributed by atoms with Crippen LogP contribution in [0.3, 0.4) is 0 Å². The molecular weight excluding hydrogens is 192 g/mol. The second kappa shape index (κ2) is 2.74. The summed E-state index contributed by atoms with van der Waals surface area (Å²) in [7, 11) is 1.96. The Kier molecular flexibility index (Phi) is 2.14. The molecule has 0 aromatic carbocycles. The number of hydrogen-bond donors (Lipinski definition) is 0. The number of hydrogen-bond acceptors (Lipinski definition) is 1. The van der Waals surface area contributed by atoms with E-state index in [-0.39, 0.29) is 0 Å². The highest BCUT2D eigenvalue weighted by molar-refractivity contribution is 9.10. The molecule has 0 aliphatic heterocycles. The van der Waals surface area contributed by atoms with Crippen molar-refractivity contribution in [3.8, 4) is 0 Å². The van der Waals surface area contributed by atoms with E-state index in [0.717, 1.165) is 4.47 Å². The van der Waals surface area contributed by atoms with E-state index in [4.69, 9.17) is 0 Å². The maximum Gasteiger partial charge on any atom is 0.0635 e. The van der Waals surface area contributed by atoms with Crippen LogP contribution in [-0.4, -0.2) is 9.78 Å². The van der Waals surface area contributed by atoms with E-state index >= 15 is 0 Å². The first-order chi connectivity index (χ1) is 4.63. The Labute approximate surface area is 69.4 Å². The zero-order valence-electron chi connectivity index (χ0n) is 6.43. The number of aromatic nitrogens is 2. The van der Waals surface area contributed by atoms with E-state index in [2.05, 4.69) is 34.9 Å².